The van der Waals surface area contributed by atoms with E-state index in [4.69, 9.17) is 5.84 Å². The summed E-state index contributed by atoms with van der Waals surface area (Å²) < 4.78 is 0. The maximum atomic E-state index is 11.7. The lowest BCUT2D eigenvalue weighted by molar-refractivity contribution is 0.0952. The molecule has 2 aromatic rings. The Morgan fingerprint density at radius 1 is 1.39 bits per heavy atom. The summed E-state index contributed by atoms with van der Waals surface area (Å²) in [7, 11) is 0. The molecule has 0 unspecified atom stereocenters. The first-order valence-electron chi connectivity index (χ1n) is 5.72. The number of aromatic amines is 1. The van der Waals surface area contributed by atoms with Gasteiger partial charge in [0.2, 0.25) is 0 Å². The van der Waals surface area contributed by atoms with Crippen molar-refractivity contribution in [1.29, 1.82) is 0 Å². The van der Waals surface area contributed by atoms with E-state index < -0.39 is 0 Å². The second kappa shape index (κ2) is 5.01. The van der Waals surface area contributed by atoms with Crippen molar-refractivity contribution in [2.75, 3.05) is 0 Å². The van der Waals surface area contributed by atoms with Gasteiger partial charge >= 0.3 is 0 Å². The summed E-state index contributed by atoms with van der Waals surface area (Å²) in [5, 5.41) is 7.01. The molecule has 0 atom stereocenters. The van der Waals surface area contributed by atoms with Gasteiger partial charge in [0.1, 0.15) is 0 Å². The summed E-state index contributed by atoms with van der Waals surface area (Å²) >= 11 is 0. The van der Waals surface area contributed by atoms with Crippen LogP contribution in [0.2, 0.25) is 0 Å². The van der Waals surface area contributed by atoms with Crippen molar-refractivity contribution in [2.24, 2.45) is 5.84 Å². The third-order valence-corrected chi connectivity index (χ3v) is 3.00. The second-order valence-corrected chi connectivity index (χ2v) is 4.25. The number of nitrogens with two attached hydrogens (primary N) is 1. The summed E-state index contributed by atoms with van der Waals surface area (Å²) in [6, 6.07) is 8.04. The highest BCUT2D eigenvalue weighted by molar-refractivity contribution is 5.96. The van der Waals surface area contributed by atoms with Crippen LogP contribution in [-0.2, 0) is 6.42 Å². The van der Waals surface area contributed by atoms with E-state index in [9.17, 15) is 4.79 Å². The number of nitrogens with one attached hydrogen (secondary N) is 2. The fourth-order valence-electron chi connectivity index (χ4n) is 1.97. The number of rotatable bonds is 3. The Hall–Kier alpha value is -2.14. The van der Waals surface area contributed by atoms with Crippen molar-refractivity contribution in [3.63, 3.8) is 0 Å². The zero-order chi connectivity index (χ0) is 13.1. The SMILES string of the molecule is Cc1ccccc1Cc1n[nH]c(C)c1C(=O)NN. The van der Waals surface area contributed by atoms with Crippen LogP contribution in [0.1, 0.15) is 32.9 Å². The number of amides is 1. The summed E-state index contributed by atoms with van der Waals surface area (Å²) in [5.74, 6) is 4.87. The minimum atomic E-state index is -0.315. The highest BCUT2D eigenvalue weighted by Gasteiger charge is 2.17. The maximum absolute atomic E-state index is 11.7. The average Bonchev–Trinajstić information content (AvgIpc) is 2.72. The zero-order valence-corrected chi connectivity index (χ0v) is 10.4. The van der Waals surface area contributed by atoms with Crippen molar-refractivity contribution in [2.45, 2.75) is 20.3 Å². The smallest absolute Gasteiger partial charge is 0.268 e. The van der Waals surface area contributed by atoms with Gasteiger partial charge in [-0.05, 0) is 25.0 Å². The standard InChI is InChI=1S/C13H16N4O/c1-8-5-3-4-6-10(8)7-11-12(13(18)15-14)9(2)16-17-11/h3-6H,7,14H2,1-2H3,(H,15,18)(H,16,17). The largest absolute Gasteiger partial charge is 0.290 e. The van der Waals surface area contributed by atoms with E-state index in [2.05, 4.69) is 15.6 Å². The summed E-state index contributed by atoms with van der Waals surface area (Å²) in [6.45, 7) is 3.84. The third-order valence-electron chi connectivity index (χ3n) is 3.00. The summed E-state index contributed by atoms with van der Waals surface area (Å²) in [4.78, 5) is 11.7. The molecule has 1 heterocycles. The molecule has 94 valence electrons. The molecule has 1 aromatic carbocycles. The van der Waals surface area contributed by atoms with Crippen molar-refractivity contribution in [3.05, 3.63) is 52.3 Å². The minimum absolute atomic E-state index is 0.315. The zero-order valence-electron chi connectivity index (χ0n) is 10.4. The van der Waals surface area contributed by atoms with Crippen molar-refractivity contribution >= 4 is 5.91 Å². The van der Waals surface area contributed by atoms with Crippen molar-refractivity contribution in [1.82, 2.24) is 15.6 Å². The number of carbonyl (C=O) groups excluding carboxylic acids is 1. The van der Waals surface area contributed by atoms with Gasteiger partial charge in [-0.15, -0.1) is 0 Å². The van der Waals surface area contributed by atoms with Crippen molar-refractivity contribution in [3.8, 4) is 0 Å². The molecule has 0 fully saturated rings. The molecule has 1 amide bonds. The molecule has 0 saturated heterocycles. The van der Waals surface area contributed by atoms with Gasteiger partial charge in [-0.25, -0.2) is 5.84 Å². The van der Waals surface area contributed by atoms with Crippen LogP contribution in [-0.4, -0.2) is 16.1 Å². The number of H-pyrrole nitrogens is 1. The molecule has 1 aromatic heterocycles. The normalized spacial score (nSPS) is 10.4. The van der Waals surface area contributed by atoms with E-state index in [1.54, 1.807) is 6.92 Å². The lowest BCUT2D eigenvalue weighted by Crippen LogP contribution is -2.31. The molecule has 0 spiro atoms. The monoisotopic (exact) mass is 244 g/mol. The first-order chi connectivity index (χ1) is 8.63. The van der Waals surface area contributed by atoms with E-state index in [1.807, 2.05) is 31.2 Å². The molecule has 2 rings (SSSR count). The molecule has 0 bridgehead atoms. The van der Waals surface area contributed by atoms with Gasteiger partial charge < -0.3 is 0 Å². The van der Waals surface area contributed by atoms with E-state index in [0.717, 1.165) is 11.3 Å². The minimum Gasteiger partial charge on any atom is -0.290 e. The Morgan fingerprint density at radius 3 is 2.78 bits per heavy atom. The van der Waals surface area contributed by atoms with Crippen LogP contribution in [0.3, 0.4) is 0 Å². The molecular formula is C13H16N4O. The Labute approximate surface area is 105 Å². The Bertz CT molecular complexity index is 574. The Morgan fingerprint density at radius 2 is 2.11 bits per heavy atom. The third kappa shape index (κ3) is 2.26. The van der Waals surface area contributed by atoms with Crippen LogP contribution < -0.4 is 11.3 Å². The summed E-state index contributed by atoms with van der Waals surface area (Å²) in [5.41, 5.74) is 6.44. The van der Waals surface area contributed by atoms with Gasteiger partial charge in [0.15, 0.2) is 0 Å². The number of hydrogen-bond acceptors (Lipinski definition) is 3. The highest BCUT2D eigenvalue weighted by atomic mass is 16.2. The number of benzene rings is 1. The van der Waals surface area contributed by atoms with Crippen molar-refractivity contribution < 1.29 is 4.79 Å². The second-order valence-electron chi connectivity index (χ2n) is 4.25. The molecule has 18 heavy (non-hydrogen) atoms. The number of aromatic nitrogens is 2. The quantitative estimate of drug-likeness (QED) is 0.431. The first kappa shape index (κ1) is 12.3. The van der Waals surface area contributed by atoms with Gasteiger partial charge in [0.05, 0.1) is 11.3 Å². The number of hydrogen-bond donors (Lipinski definition) is 3. The maximum Gasteiger partial charge on any atom is 0.268 e. The van der Waals surface area contributed by atoms with E-state index >= 15 is 0 Å². The number of nitrogen functional groups attached to an aromatic ring is 1. The fourth-order valence-corrected chi connectivity index (χ4v) is 1.97. The van der Waals surface area contributed by atoms with Crippen LogP contribution in [0.25, 0.3) is 0 Å². The summed E-state index contributed by atoms with van der Waals surface area (Å²) in [6.07, 6.45) is 0.611. The van der Waals surface area contributed by atoms with E-state index in [0.29, 0.717) is 17.7 Å². The lowest BCUT2D eigenvalue weighted by atomic mass is 10.0. The number of carbonyl (C=O) groups is 1. The molecule has 5 nitrogen and oxygen atoms in total. The van der Waals surface area contributed by atoms with Gasteiger partial charge in [0, 0.05) is 12.1 Å². The van der Waals surface area contributed by atoms with Gasteiger partial charge in [-0.3, -0.25) is 15.3 Å². The number of hydrazine groups is 1. The fraction of sp³-hybridized carbons (Fsp3) is 0.231. The number of nitrogens with zero attached hydrogens (tertiary/aromatic N) is 1. The van der Waals surface area contributed by atoms with Gasteiger partial charge in [0.25, 0.3) is 5.91 Å². The molecule has 4 N–H and O–H groups in total. The van der Waals surface area contributed by atoms with Crippen LogP contribution in [0, 0.1) is 13.8 Å². The average molecular weight is 244 g/mol. The molecule has 0 aliphatic heterocycles. The molecule has 0 aliphatic carbocycles. The van der Waals surface area contributed by atoms with Crippen LogP contribution in [0.4, 0.5) is 0 Å². The Kier molecular flexibility index (Phi) is 3.43. The van der Waals surface area contributed by atoms with Crippen LogP contribution in [0.15, 0.2) is 24.3 Å². The predicted octanol–water partition coefficient (Wildman–Crippen LogP) is 1.22. The predicted molar refractivity (Wildman–Crippen MR) is 69.0 cm³/mol. The van der Waals surface area contributed by atoms with Crippen LogP contribution in [0.5, 0.6) is 0 Å². The lowest BCUT2D eigenvalue weighted by Gasteiger charge is -2.05. The molecule has 0 radical (unpaired) electrons. The Balaban J connectivity index is 2.36. The first-order valence-corrected chi connectivity index (χ1v) is 5.72. The molecule has 0 saturated carbocycles. The topological polar surface area (TPSA) is 83.8 Å². The highest BCUT2D eigenvalue weighted by Crippen LogP contribution is 2.17. The van der Waals surface area contributed by atoms with E-state index in [1.165, 1.54) is 5.56 Å². The number of aryl methyl sites for hydroxylation is 2. The molecule has 5 heteroatoms. The van der Waals surface area contributed by atoms with Gasteiger partial charge in [-0.1, -0.05) is 24.3 Å². The van der Waals surface area contributed by atoms with Crippen LogP contribution >= 0.6 is 0 Å². The van der Waals surface area contributed by atoms with E-state index in [-0.39, 0.29) is 5.91 Å². The molecular weight excluding hydrogens is 228 g/mol. The molecule has 0 aliphatic rings. The van der Waals surface area contributed by atoms with Gasteiger partial charge in [-0.2, -0.15) is 5.10 Å².